The van der Waals surface area contributed by atoms with Crippen molar-refractivity contribution in [3.05, 3.63) is 44.9 Å². The average Bonchev–Trinajstić information content (AvgIpc) is 2.47. The second-order valence-electron chi connectivity index (χ2n) is 4.07. The van der Waals surface area contributed by atoms with Crippen LogP contribution in [-0.4, -0.2) is 12.1 Å². The highest BCUT2D eigenvalue weighted by molar-refractivity contribution is 6.37. The largest absolute Gasteiger partial charge is 0.496 e. The molecule has 5 nitrogen and oxygen atoms in total. The van der Waals surface area contributed by atoms with E-state index in [1.54, 1.807) is 19.2 Å². The number of methoxy groups -OCH3 is 1. The molecule has 0 unspecified atom stereocenters. The number of pyridine rings is 1. The first kappa shape index (κ1) is 16.0. The van der Waals surface area contributed by atoms with Crippen LogP contribution < -0.4 is 21.3 Å². The monoisotopic (exact) mass is 346 g/mol. The maximum Gasteiger partial charge on any atom is 0.161 e. The van der Waals surface area contributed by atoms with Crippen LogP contribution in [0, 0.1) is 0 Å². The van der Waals surface area contributed by atoms with Gasteiger partial charge in [0.15, 0.2) is 5.82 Å². The van der Waals surface area contributed by atoms with Crippen LogP contribution in [0.4, 0.5) is 11.6 Å². The van der Waals surface area contributed by atoms with E-state index in [9.17, 15) is 0 Å². The van der Waals surface area contributed by atoms with Gasteiger partial charge in [0, 0.05) is 17.1 Å². The molecule has 112 valence electrons. The number of rotatable bonds is 5. The van der Waals surface area contributed by atoms with Crippen molar-refractivity contribution in [1.82, 2.24) is 4.98 Å². The molecule has 4 N–H and O–H groups in total. The van der Waals surface area contributed by atoms with E-state index in [1.807, 2.05) is 12.1 Å². The Morgan fingerprint density at radius 3 is 2.52 bits per heavy atom. The van der Waals surface area contributed by atoms with Gasteiger partial charge in [0.25, 0.3) is 0 Å². The summed E-state index contributed by atoms with van der Waals surface area (Å²) in [4.78, 5) is 4.20. The first-order valence-electron chi connectivity index (χ1n) is 5.94. The van der Waals surface area contributed by atoms with E-state index in [2.05, 4.69) is 15.7 Å². The van der Waals surface area contributed by atoms with E-state index < -0.39 is 0 Å². The van der Waals surface area contributed by atoms with Crippen molar-refractivity contribution in [3.8, 4) is 5.75 Å². The molecule has 0 amide bonds. The molecule has 0 atom stereocenters. The number of nitrogen functional groups attached to an aromatic ring is 1. The van der Waals surface area contributed by atoms with Crippen molar-refractivity contribution in [3.63, 3.8) is 0 Å². The van der Waals surface area contributed by atoms with Gasteiger partial charge in [-0.3, -0.25) is 0 Å². The van der Waals surface area contributed by atoms with Crippen LogP contribution in [0.1, 0.15) is 5.56 Å². The van der Waals surface area contributed by atoms with Crippen molar-refractivity contribution in [2.24, 2.45) is 5.84 Å². The molecule has 8 heteroatoms. The highest BCUT2D eigenvalue weighted by Crippen LogP contribution is 2.31. The van der Waals surface area contributed by atoms with Gasteiger partial charge in [0.05, 0.1) is 17.2 Å². The molecule has 0 bridgehead atoms. The van der Waals surface area contributed by atoms with Crippen LogP contribution >= 0.6 is 34.8 Å². The van der Waals surface area contributed by atoms with Crippen molar-refractivity contribution in [1.29, 1.82) is 0 Å². The second kappa shape index (κ2) is 7.04. The molecule has 0 aliphatic heterocycles. The third kappa shape index (κ3) is 3.63. The topological polar surface area (TPSA) is 72.2 Å². The molecule has 2 rings (SSSR count). The maximum absolute atomic E-state index is 6.17. The van der Waals surface area contributed by atoms with Crippen LogP contribution in [0.5, 0.6) is 5.75 Å². The molecular formula is C13H13Cl3N4O. The fourth-order valence-corrected chi connectivity index (χ4v) is 2.48. The zero-order chi connectivity index (χ0) is 15.4. The highest BCUT2D eigenvalue weighted by atomic mass is 35.5. The predicted octanol–water partition coefficient (Wildman–Crippen LogP) is 3.95. The molecule has 0 saturated heterocycles. The number of ether oxygens (including phenoxy) is 1. The number of nitrogens with one attached hydrogen (secondary N) is 2. The molecule has 0 aliphatic carbocycles. The van der Waals surface area contributed by atoms with Crippen LogP contribution in [-0.2, 0) is 6.54 Å². The third-order valence-electron chi connectivity index (χ3n) is 2.79. The Bertz CT molecular complexity index is 652. The summed E-state index contributed by atoms with van der Waals surface area (Å²) in [6.45, 7) is 0.390. The lowest BCUT2D eigenvalue weighted by atomic mass is 10.2. The van der Waals surface area contributed by atoms with E-state index in [0.29, 0.717) is 39.0 Å². The summed E-state index contributed by atoms with van der Waals surface area (Å²) in [6.07, 6.45) is 0. The number of nitrogens with two attached hydrogens (primary N) is 1. The lowest BCUT2D eigenvalue weighted by Gasteiger charge is -2.13. The summed E-state index contributed by atoms with van der Waals surface area (Å²) in [6, 6.07) is 6.98. The number of hydrogen-bond acceptors (Lipinski definition) is 5. The minimum absolute atomic E-state index is 0.328. The lowest BCUT2D eigenvalue weighted by Crippen LogP contribution is -2.11. The first-order chi connectivity index (χ1) is 10.1. The Morgan fingerprint density at radius 1 is 1.14 bits per heavy atom. The van der Waals surface area contributed by atoms with Crippen LogP contribution in [0.3, 0.4) is 0 Å². The van der Waals surface area contributed by atoms with E-state index >= 15 is 0 Å². The Kier molecular flexibility index (Phi) is 5.36. The van der Waals surface area contributed by atoms with Crippen LogP contribution in [0.25, 0.3) is 0 Å². The van der Waals surface area contributed by atoms with E-state index in [4.69, 9.17) is 45.4 Å². The Hall–Kier alpha value is -1.40. The van der Waals surface area contributed by atoms with E-state index in [1.165, 1.54) is 0 Å². The molecule has 0 spiro atoms. The molecule has 0 fully saturated rings. The van der Waals surface area contributed by atoms with Gasteiger partial charge in [-0.15, -0.1) is 0 Å². The minimum Gasteiger partial charge on any atom is -0.496 e. The Morgan fingerprint density at radius 2 is 1.86 bits per heavy atom. The van der Waals surface area contributed by atoms with Gasteiger partial charge < -0.3 is 15.5 Å². The smallest absolute Gasteiger partial charge is 0.161 e. The van der Waals surface area contributed by atoms with Crippen LogP contribution in [0.2, 0.25) is 15.1 Å². The number of nitrogens with zero attached hydrogens (tertiary/aromatic N) is 1. The molecule has 2 aromatic rings. The van der Waals surface area contributed by atoms with Gasteiger partial charge >= 0.3 is 0 Å². The van der Waals surface area contributed by atoms with Gasteiger partial charge in [-0.1, -0.05) is 40.9 Å². The Balaban J connectivity index is 2.25. The number of aromatic nitrogens is 1. The van der Waals surface area contributed by atoms with Gasteiger partial charge in [-0.2, -0.15) is 0 Å². The lowest BCUT2D eigenvalue weighted by molar-refractivity contribution is 0.410. The van der Waals surface area contributed by atoms with Gasteiger partial charge in [-0.25, -0.2) is 10.8 Å². The number of halogens is 3. The number of anilines is 2. The summed E-state index contributed by atoms with van der Waals surface area (Å²) in [5.41, 5.74) is 3.21. The minimum atomic E-state index is 0.328. The highest BCUT2D eigenvalue weighted by Gasteiger charge is 2.11. The Labute approximate surface area is 137 Å². The predicted molar refractivity (Wildman–Crippen MR) is 87.4 cm³/mol. The molecule has 1 aromatic heterocycles. The molecule has 0 radical (unpaired) electrons. The standard InChI is InChI=1S/C13H13Cl3N4O/c1-21-11-4-2-3-8(14)7(11)6-18-12-9(15)5-10(16)13(19-12)20-17/h2-5H,6,17H2,1H3,(H2,18,19,20). The van der Waals surface area contributed by atoms with Gasteiger partial charge in [-0.05, 0) is 18.2 Å². The number of hydrogen-bond donors (Lipinski definition) is 3. The normalized spacial score (nSPS) is 10.3. The first-order valence-corrected chi connectivity index (χ1v) is 7.08. The molecule has 1 aromatic carbocycles. The fourth-order valence-electron chi connectivity index (χ4n) is 1.77. The average molecular weight is 348 g/mol. The van der Waals surface area contributed by atoms with Crippen molar-refractivity contribution in [2.45, 2.75) is 6.54 Å². The maximum atomic E-state index is 6.17. The molecule has 0 saturated carbocycles. The second-order valence-corrected chi connectivity index (χ2v) is 5.29. The third-order valence-corrected chi connectivity index (χ3v) is 3.72. The van der Waals surface area contributed by atoms with Gasteiger partial charge in [0.2, 0.25) is 0 Å². The molecular weight excluding hydrogens is 335 g/mol. The summed E-state index contributed by atoms with van der Waals surface area (Å²) < 4.78 is 5.28. The SMILES string of the molecule is COc1cccc(Cl)c1CNc1nc(NN)c(Cl)cc1Cl. The van der Waals surface area contributed by atoms with Gasteiger partial charge in [0.1, 0.15) is 11.6 Å². The summed E-state index contributed by atoms with van der Waals surface area (Å²) in [7, 11) is 1.58. The quantitative estimate of drug-likeness (QED) is 0.564. The van der Waals surface area contributed by atoms with Crippen molar-refractivity contribution >= 4 is 46.4 Å². The summed E-state index contributed by atoms with van der Waals surface area (Å²) in [5, 5.41) is 4.39. The zero-order valence-electron chi connectivity index (χ0n) is 11.1. The molecule has 0 aliphatic rings. The number of hydrazine groups is 1. The van der Waals surface area contributed by atoms with E-state index in [0.717, 1.165) is 5.56 Å². The molecule has 1 heterocycles. The van der Waals surface area contributed by atoms with Crippen molar-refractivity contribution < 1.29 is 4.74 Å². The summed E-state index contributed by atoms with van der Waals surface area (Å²) in [5.74, 6) is 6.78. The fraction of sp³-hybridized carbons (Fsp3) is 0.154. The van der Waals surface area contributed by atoms with E-state index in [-0.39, 0.29) is 0 Å². The van der Waals surface area contributed by atoms with Crippen LogP contribution in [0.15, 0.2) is 24.3 Å². The van der Waals surface area contributed by atoms with Crippen molar-refractivity contribution in [2.75, 3.05) is 17.9 Å². The summed E-state index contributed by atoms with van der Waals surface area (Å²) >= 11 is 18.2. The number of benzene rings is 1. The zero-order valence-corrected chi connectivity index (χ0v) is 13.4. The molecule has 21 heavy (non-hydrogen) atoms.